The van der Waals surface area contributed by atoms with Crippen LogP contribution in [0.1, 0.15) is 5.56 Å². The summed E-state index contributed by atoms with van der Waals surface area (Å²) >= 11 is 0. The summed E-state index contributed by atoms with van der Waals surface area (Å²) in [7, 11) is 0. The number of hydrogen-bond acceptors (Lipinski definition) is 1. The average Bonchev–Trinajstić information content (AvgIpc) is 2.72. The minimum Gasteiger partial charge on any atom is -0.294 e. The molecule has 1 fully saturated rings. The molecule has 4 heteroatoms. The molecule has 1 aliphatic rings. The standard InChI is InChI=1S/C9H7F3O/c10-6-8(9(11,12)13-8)7-4-2-1-3-5-7/h1-5H,6H2. The summed E-state index contributed by atoms with van der Waals surface area (Å²) in [4.78, 5) is 0. The third-order valence-electron chi connectivity index (χ3n) is 2.16. The Kier molecular flexibility index (Phi) is 1.63. The molecule has 0 bridgehead atoms. The molecule has 2 rings (SSSR count). The zero-order chi connectivity index (χ0) is 9.53. The highest BCUT2D eigenvalue weighted by atomic mass is 19.3. The molecule has 0 N–H and O–H groups in total. The Bertz CT molecular complexity index is 312. The maximum atomic E-state index is 12.7. The van der Waals surface area contributed by atoms with Gasteiger partial charge in [0.25, 0.3) is 0 Å². The number of halogens is 3. The molecule has 0 aliphatic carbocycles. The molecule has 0 amide bonds. The average molecular weight is 188 g/mol. The summed E-state index contributed by atoms with van der Waals surface area (Å²) in [5.74, 6) is 0. The van der Waals surface area contributed by atoms with Crippen LogP contribution >= 0.6 is 0 Å². The fourth-order valence-electron chi connectivity index (χ4n) is 1.31. The highest BCUT2D eigenvalue weighted by Gasteiger charge is 2.75. The number of ether oxygens (including phenoxy) is 1. The first-order valence-corrected chi connectivity index (χ1v) is 3.82. The first-order chi connectivity index (χ1) is 6.12. The fraction of sp³-hybridized carbons (Fsp3) is 0.333. The van der Waals surface area contributed by atoms with Crippen LogP contribution in [0.3, 0.4) is 0 Å². The maximum Gasteiger partial charge on any atom is 0.392 e. The lowest BCUT2D eigenvalue weighted by Crippen LogP contribution is -2.18. The van der Waals surface area contributed by atoms with Crippen LogP contribution < -0.4 is 0 Å². The second-order valence-corrected chi connectivity index (χ2v) is 2.95. The molecule has 13 heavy (non-hydrogen) atoms. The van der Waals surface area contributed by atoms with E-state index in [0.717, 1.165) is 0 Å². The van der Waals surface area contributed by atoms with E-state index in [-0.39, 0.29) is 5.56 Å². The zero-order valence-corrected chi connectivity index (χ0v) is 6.64. The van der Waals surface area contributed by atoms with Gasteiger partial charge in [-0.05, 0) is 5.56 Å². The molecule has 1 saturated heterocycles. The zero-order valence-electron chi connectivity index (χ0n) is 6.64. The maximum absolute atomic E-state index is 12.7. The second-order valence-electron chi connectivity index (χ2n) is 2.95. The van der Waals surface area contributed by atoms with Gasteiger partial charge in [0.05, 0.1) is 0 Å². The van der Waals surface area contributed by atoms with Crippen LogP contribution in [0.15, 0.2) is 30.3 Å². The molecular weight excluding hydrogens is 181 g/mol. The predicted octanol–water partition coefficient (Wildman–Crippen LogP) is 2.47. The van der Waals surface area contributed by atoms with E-state index >= 15 is 0 Å². The Labute approximate surface area is 73.1 Å². The van der Waals surface area contributed by atoms with E-state index in [1.807, 2.05) is 0 Å². The summed E-state index contributed by atoms with van der Waals surface area (Å²) in [5.41, 5.74) is -1.84. The molecule has 1 unspecified atom stereocenters. The molecule has 1 nitrogen and oxygen atoms in total. The molecule has 0 aromatic heterocycles. The lowest BCUT2D eigenvalue weighted by molar-refractivity contribution is 0.000426. The number of rotatable bonds is 2. The Morgan fingerprint density at radius 2 is 1.69 bits per heavy atom. The van der Waals surface area contributed by atoms with E-state index in [0.29, 0.717) is 0 Å². The lowest BCUT2D eigenvalue weighted by atomic mass is 10.0. The molecule has 1 heterocycles. The molecule has 70 valence electrons. The number of benzene rings is 1. The topological polar surface area (TPSA) is 12.5 Å². The van der Waals surface area contributed by atoms with Crippen molar-refractivity contribution in [1.82, 2.24) is 0 Å². The predicted molar refractivity (Wildman–Crippen MR) is 40.1 cm³/mol. The van der Waals surface area contributed by atoms with E-state index < -0.39 is 18.4 Å². The van der Waals surface area contributed by atoms with Crippen molar-refractivity contribution in [3.8, 4) is 0 Å². The van der Waals surface area contributed by atoms with Gasteiger partial charge < -0.3 is 0 Å². The van der Waals surface area contributed by atoms with E-state index in [4.69, 9.17) is 0 Å². The lowest BCUT2D eigenvalue weighted by Gasteiger charge is -2.05. The van der Waals surface area contributed by atoms with Gasteiger partial charge >= 0.3 is 6.11 Å². The van der Waals surface area contributed by atoms with Crippen molar-refractivity contribution in [2.45, 2.75) is 11.7 Å². The largest absolute Gasteiger partial charge is 0.392 e. The smallest absolute Gasteiger partial charge is 0.294 e. The van der Waals surface area contributed by atoms with Gasteiger partial charge in [-0.25, -0.2) is 4.39 Å². The summed E-state index contributed by atoms with van der Waals surface area (Å²) in [5, 5.41) is 0. The summed E-state index contributed by atoms with van der Waals surface area (Å²) in [6.07, 6.45) is -3.36. The number of epoxide rings is 1. The van der Waals surface area contributed by atoms with Gasteiger partial charge in [0.1, 0.15) is 6.67 Å². The summed E-state index contributed by atoms with van der Waals surface area (Å²) in [6.45, 7) is -1.20. The van der Waals surface area contributed by atoms with Gasteiger partial charge in [-0.15, -0.1) is 0 Å². The Morgan fingerprint density at radius 1 is 1.15 bits per heavy atom. The van der Waals surface area contributed by atoms with Crippen molar-refractivity contribution in [1.29, 1.82) is 0 Å². The van der Waals surface area contributed by atoms with E-state index in [2.05, 4.69) is 4.74 Å². The molecule has 0 spiro atoms. The minimum absolute atomic E-state index is 0.183. The van der Waals surface area contributed by atoms with Crippen molar-refractivity contribution >= 4 is 0 Å². The van der Waals surface area contributed by atoms with Gasteiger partial charge in [0.15, 0.2) is 0 Å². The Morgan fingerprint density at radius 3 is 2.08 bits per heavy atom. The normalized spacial score (nSPS) is 30.1. The van der Waals surface area contributed by atoms with E-state index in [1.54, 1.807) is 18.2 Å². The molecule has 1 aromatic carbocycles. The molecule has 1 aromatic rings. The van der Waals surface area contributed by atoms with Crippen molar-refractivity contribution < 1.29 is 17.9 Å². The van der Waals surface area contributed by atoms with Gasteiger partial charge in [0, 0.05) is 0 Å². The number of hydrogen-bond donors (Lipinski definition) is 0. The first-order valence-electron chi connectivity index (χ1n) is 3.82. The van der Waals surface area contributed by atoms with Gasteiger partial charge in [0.2, 0.25) is 5.60 Å². The van der Waals surface area contributed by atoms with Crippen molar-refractivity contribution in [2.75, 3.05) is 6.67 Å². The third kappa shape index (κ3) is 1.05. The van der Waals surface area contributed by atoms with Gasteiger partial charge in [-0.1, -0.05) is 30.3 Å². The molecule has 0 radical (unpaired) electrons. The summed E-state index contributed by atoms with van der Waals surface area (Å²) < 4.78 is 41.9. The van der Waals surface area contributed by atoms with Crippen LogP contribution in [-0.2, 0) is 10.3 Å². The van der Waals surface area contributed by atoms with Crippen LogP contribution in [0, 0.1) is 0 Å². The highest BCUT2D eigenvalue weighted by Crippen LogP contribution is 2.58. The molecule has 1 atom stereocenters. The van der Waals surface area contributed by atoms with E-state index in [9.17, 15) is 13.2 Å². The van der Waals surface area contributed by atoms with Crippen molar-refractivity contribution in [2.24, 2.45) is 0 Å². The van der Waals surface area contributed by atoms with E-state index in [1.165, 1.54) is 12.1 Å². The van der Waals surface area contributed by atoms with Crippen LogP contribution in [0.25, 0.3) is 0 Å². The third-order valence-corrected chi connectivity index (χ3v) is 2.16. The Hall–Kier alpha value is -1.03. The van der Waals surface area contributed by atoms with Crippen molar-refractivity contribution in [3.05, 3.63) is 35.9 Å². The van der Waals surface area contributed by atoms with Gasteiger partial charge in [-0.2, -0.15) is 8.78 Å². The van der Waals surface area contributed by atoms with Crippen LogP contribution in [-0.4, -0.2) is 12.8 Å². The highest BCUT2D eigenvalue weighted by molar-refractivity contribution is 5.29. The van der Waals surface area contributed by atoms with Gasteiger partial charge in [-0.3, -0.25) is 4.74 Å². The molecule has 1 aliphatic heterocycles. The summed E-state index contributed by atoms with van der Waals surface area (Å²) in [6, 6.07) is 7.69. The van der Waals surface area contributed by atoms with Crippen LogP contribution in [0.4, 0.5) is 13.2 Å². The monoisotopic (exact) mass is 188 g/mol. The Balaban J connectivity index is 2.37. The molecular formula is C9H7F3O. The fourth-order valence-corrected chi connectivity index (χ4v) is 1.31. The first kappa shape index (κ1) is 8.56. The molecule has 0 saturated carbocycles. The minimum atomic E-state index is -3.36. The second kappa shape index (κ2) is 2.48. The quantitative estimate of drug-likeness (QED) is 0.649. The number of alkyl halides is 3. The SMILES string of the molecule is FCC1(c2ccccc2)OC1(F)F. The van der Waals surface area contributed by atoms with Crippen molar-refractivity contribution in [3.63, 3.8) is 0 Å². The van der Waals surface area contributed by atoms with Crippen LogP contribution in [0.5, 0.6) is 0 Å². The van der Waals surface area contributed by atoms with Crippen LogP contribution in [0.2, 0.25) is 0 Å².